The van der Waals surface area contributed by atoms with Crippen molar-refractivity contribution in [3.8, 4) is 5.69 Å². The maximum atomic E-state index is 11.6. The molecule has 1 atom stereocenters. The molecule has 3 aromatic rings. The van der Waals surface area contributed by atoms with E-state index in [1.807, 2.05) is 78.5 Å². The molecule has 0 aliphatic heterocycles. The van der Waals surface area contributed by atoms with Crippen LogP contribution in [0.25, 0.3) is 5.69 Å². The SMILES string of the molecule is Cc1nn(-c2ccccc2)cc1CN[C@@H](Cc1ccccc1)C(=O)O. The molecule has 25 heavy (non-hydrogen) atoms. The Bertz CT molecular complexity index is 829. The van der Waals surface area contributed by atoms with Gasteiger partial charge in [0.2, 0.25) is 0 Å². The van der Waals surface area contributed by atoms with E-state index >= 15 is 0 Å². The molecule has 1 aromatic heterocycles. The first-order valence-electron chi connectivity index (χ1n) is 8.24. The second-order valence-corrected chi connectivity index (χ2v) is 5.98. The van der Waals surface area contributed by atoms with Gasteiger partial charge in [-0.1, -0.05) is 48.5 Å². The molecule has 5 heteroatoms. The minimum Gasteiger partial charge on any atom is -0.480 e. The quantitative estimate of drug-likeness (QED) is 0.697. The Labute approximate surface area is 146 Å². The maximum Gasteiger partial charge on any atom is 0.321 e. The van der Waals surface area contributed by atoms with Gasteiger partial charge in [0.25, 0.3) is 0 Å². The van der Waals surface area contributed by atoms with Crippen LogP contribution in [0.15, 0.2) is 66.9 Å². The summed E-state index contributed by atoms with van der Waals surface area (Å²) in [6.07, 6.45) is 2.39. The van der Waals surface area contributed by atoms with Crippen molar-refractivity contribution < 1.29 is 9.90 Å². The Morgan fingerprint density at radius 3 is 2.40 bits per heavy atom. The van der Waals surface area contributed by atoms with Gasteiger partial charge in [-0.2, -0.15) is 5.10 Å². The number of aromatic nitrogens is 2. The number of carboxylic acid groups (broad SMARTS) is 1. The third kappa shape index (κ3) is 4.33. The van der Waals surface area contributed by atoms with Gasteiger partial charge in [-0.25, -0.2) is 4.68 Å². The summed E-state index contributed by atoms with van der Waals surface area (Å²) in [5.41, 5.74) is 3.86. The molecule has 0 amide bonds. The van der Waals surface area contributed by atoms with Crippen LogP contribution in [0.1, 0.15) is 16.8 Å². The van der Waals surface area contributed by atoms with Crippen LogP contribution in [0.2, 0.25) is 0 Å². The van der Waals surface area contributed by atoms with Crippen molar-refractivity contribution in [1.82, 2.24) is 15.1 Å². The molecule has 0 aliphatic carbocycles. The van der Waals surface area contributed by atoms with Crippen molar-refractivity contribution in [1.29, 1.82) is 0 Å². The van der Waals surface area contributed by atoms with Crippen molar-refractivity contribution in [2.75, 3.05) is 0 Å². The van der Waals surface area contributed by atoms with Crippen LogP contribution in [0.5, 0.6) is 0 Å². The number of para-hydroxylation sites is 1. The van der Waals surface area contributed by atoms with E-state index in [1.165, 1.54) is 0 Å². The maximum absolute atomic E-state index is 11.6. The van der Waals surface area contributed by atoms with Gasteiger partial charge in [0.1, 0.15) is 6.04 Å². The monoisotopic (exact) mass is 335 g/mol. The van der Waals surface area contributed by atoms with Gasteiger partial charge in [0.05, 0.1) is 11.4 Å². The molecular weight excluding hydrogens is 314 g/mol. The predicted molar refractivity (Wildman–Crippen MR) is 96.7 cm³/mol. The topological polar surface area (TPSA) is 67.2 Å². The average molecular weight is 335 g/mol. The minimum absolute atomic E-state index is 0.446. The molecule has 1 heterocycles. The second kappa shape index (κ2) is 7.77. The lowest BCUT2D eigenvalue weighted by Crippen LogP contribution is -2.38. The summed E-state index contributed by atoms with van der Waals surface area (Å²) in [7, 11) is 0. The summed E-state index contributed by atoms with van der Waals surface area (Å²) in [5.74, 6) is -0.850. The molecular formula is C20H21N3O2. The fourth-order valence-electron chi connectivity index (χ4n) is 2.71. The first-order valence-corrected chi connectivity index (χ1v) is 8.24. The number of nitrogens with one attached hydrogen (secondary N) is 1. The molecule has 0 unspecified atom stereocenters. The summed E-state index contributed by atoms with van der Waals surface area (Å²) < 4.78 is 1.82. The molecule has 3 rings (SSSR count). The Hall–Kier alpha value is -2.92. The van der Waals surface area contributed by atoms with Gasteiger partial charge in [0.15, 0.2) is 0 Å². The lowest BCUT2D eigenvalue weighted by Gasteiger charge is -2.14. The van der Waals surface area contributed by atoms with Crippen molar-refractivity contribution in [3.05, 3.63) is 83.7 Å². The molecule has 0 spiro atoms. The lowest BCUT2D eigenvalue weighted by molar-refractivity contribution is -0.139. The number of carbonyl (C=O) groups is 1. The molecule has 0 aliphatic rings. The number of aryl methyl sites for hydroxylation is 1. The van der Waals surface area contributed by atoms with Gasteiger partial charge in [-0.3, -0.25) is 10.1 Å². The molecule has 2 aromatic carbocycles. The van der Waals surface area contributed by atoms with E-state index in [0.29, 0.717) is 13.0 Å². The van der Waals surface area contributed by atoms with Gasteiger partial charge < -0.3 is 5.11 Å². The van der Waals surface area contributed by atoms with Gasteiger partial charge >= 0.3 is 5.97 Å². The molecule has 5 nitrogen and oxygen atoms in total. The highest BCUT2D eigenvalue weighted by molar-refractivity contribution is 5.73. The minimum atomic E-state index is -0.850. The first-order chi connectivity index (χ1) is 12.1. The van der Waals surface area contributed by atoms with Gasteiger partial charge in [0, 0.05) is 18.3 Å². The average Bonchev–Trinajstić information content (AvgIpc) is 3.01. The zero-order valence-corrected chi connectivity index (χ0v) is 14.1. The van der Waals surface area contributed by atoms with Crippen molar-refractivity contribution in [2.24, 2.45) is 0 Å². The van der Waals surface area contributed by atoms with Crippen molar-refractivity contribution in [2.45, 2.75) is 25.9 Å². The van der Waals surface area contributed by atoms with E-state index in [1.54, 1.807) is 0 Å². The summed E-state index contributed by atoms with van der Waals surface area (Å²) in [5, 5.41) is 17.1. The summed E-state index contributed by atoms with van der Waals surface area (Å²) in [4.78, 5) is 11.6. The molecule has 128 valence electrons. The van der Waals surface area contributed by atoms with E-state index in [-0.39, 0.29) is 0 Å². The van der Waals surface area contributed by atoms with Crippen molar-refractivity contribution in [3.63, 3.8) is 0 Å². The summed E-state index contributed by atoms with van der Waals surface area (Å²) >= 11 is 0. The fourth-order valence-corrected chi connectivity index (χ4v) is 2.71. The standard InChI is InChI=1S/C20H21N3O2/c1-15-17(14-23(22-15)18-10-6-3-7-11-18)13-21-19(20(24)25)12-16-8-4-2-5-9-16/h2-11,14,19,21H,12-13H2,1H3,(H,24,25)/t19-/m0/s1. The molecule has 0 saturated heterocycles. The van der Waals surface area contributed by atoms with Crippen LogP contribution >= 0.6 is 0 Å². The van der Waals surface area contributed by atoms with Gasteiger partial charge in [-0.15, -0.1) is 0 Å². The largest absolute Gasteiger partial charge is 0.480 e. The van der Waals surface area contributed by atoms with E-state index in [4.69, 9.17) is 0 Å². The highest BCUT2D eigenvalue weighted by Gasteiger charge is 2.18. The fraction of sp³-hybridized carbons (Fsp3) is 0.200. The molecule has 2 N–H and O–H groups in total. The van der Waals surface area contributed by atoms with Crippen LogP contribution in [0, 0.1) is 6.92 Å². The normalized spacial score (nSPS) is 12.0. The van der Waals surface area contributed by atoms with Crippen LogP contribution in [-0.2, 0) is 17.8 Å². The van der Waals surface area contributed by atoms with Crippen LogP contribution < -0.4 is 5.32 Å². The van der Waals surface area contributed by atoms with Crippen molar-refractivity contribution >= 4 is 5.97 Å². The highest BCUT2D eigenvalue weighted by atomic mass is 16.4. The Morgan fingerprint density at radius 1 is 1.12 bits per heavy atom. The smallest absolute Gasteiger partial charge is 0.321 e. The van der Waals surface area contributed by atoms with Crippen LogP contribution in [0.3, 0.4) is 0 Å². The van der Waals surface area contributed by atoms with Gasteiger partial charge in [-0.05, 0) is 31.0 Å². The zero-order chi connectivity index (χ0) is 17.6. The Balaban J connectivity index is 1.69. The number of hydrogen-bond donors (Lipinski definition) is 2. The lowest BCUT2D eigenvalue weighted by atomic mass is 10.1. The molecule has 0 saturated carbocycles. The molecule has 0 bridgehead atoms. The second-order valence-electron chi connectivity index (χ2n) is 5.98. The first kappa shape index (κ1) is 16.9. The third-order valence-corrected chi connectivity index (χ3v) is 4.14. The summed E-state index contributed by atoms with van der Waals surface area (Å²) in [6, 6.07) is 18.9. The zero-order valence-electron chi connectivity index (χ0n) is 14.1. The third-order valence-electron chi connectivity index (χ3n) is 4.14. The number of rotatable bonds is 7. The van der Waals surface area contributed by atoms with E-state index in [0.717, 1.165) is 22.5 Å². The predicted octanol–water partition coefficient (Wildman–Crippen LogP) is 2.97. The Morgan fingerprint density at radius 2 is 1.76 bits per heavy atom. The molecule has 0 radical (unpaired) electrons. The number of hydrogen-bond acceptors (Lipinski definition) is 3. The van der Waals surface area contributed by atoms with E-state index < -0.39 is 12.0 Å². The number of aliphatic carboxylic acids is 1. The molecule has 0 fully saturated rings. The van der Waals surface area contributed by atoms with E-state index in [9.17, 15) is 9.90 Å². The summed E-state index contributed by atoms with van der Waals surface area (Å²) in [6.45, 7) is 2.39. The van der Waals surface area contributed by atoms with Crippen LogP contribution in [-0.4, -0.2) is 26.9 Å². The Kier molecular flexibility index (Phi) is 5.26. The number of carboxylic acids is 1. The number of benzene rings is 2. The van der Waals surface area contributed by atoms with E-state index in [2.05, 4.69) is 10.4 Å². The highest BCUT2D eigenvalue weighted by Crippen LogP contribution is 2.12. The van der Waals surface area contributed by atoms with Crippen LogP contribution in [0.4, 0.5) is 0 Å². The number of nitrogens with zero attached hydrogens (tertiary/aromatic N) is 2.